The third kappa shape index (κ3) is 4.65. The fourth-order valence-corrected chi connectivity index (χ4v) is 18.1. The average Bonchev–Trinajstić information content (AvgIpc) is 3.57. The molecule has 0 spiro atoms. The standard InChI is InChI=1S/C21H16P.C16H13.2FH.Zr/c1-3-11-19(12-4-1)22(20-13-5-2-6-14-20)21-15-17-9-7-8-10-18(17)16-21;1-12-10-14-8-5-9-15(16(14)11-12)13-6-3-2-4-7-13;;;/h1-16H;2-11H,1H3;2*1H;/q;;;;+2/p-2. The molecule has 0 saturated carbocycles. The Morgan fingerprint density at radius 1 is 0.561 bits per heavy atom. The van der Waals surface area contributed by atoms with E-state index in [0.29, 0.717) is 0 Å². The molecule has 0 amide bonds. The second-order valence-corrected chi connectivity index (χ2v) is 19.2. The molecule has 0 radical (unpaired) electrons. The van der Waals surface area contributed by atoms with Gasteiger partial charge in [0.05, 0.1) is 0 Å². The third-order valence-corrected chi connectivity index (χ3v) is 18.7. The van der Waals surface area contributed by atoms with Crippen molar-refractivity contribution in [1.29, 1.82) is 0 Å². The fraction of sp³-hybridized carbons (Fsp3) is 0.0811. The average molecular weight is 634 g/mol. The Bertz CT molecular complexity index is 1740. The van der Waals surface area contributed by atoms with E-state index in [0.717, 1.165) is 54.9 Å². The summed E-state index contributed by atoms with van der Waals surface area (Å²) in [6.07, 6.45) is 4.14. The number of hydrogen-bond acceptors (Lipinski definition) is 0. The Kier molecular flexibility index (Phi) is 7.06. The minimum absolute atomic E-state index is 0.800. The van der Waals surface area contributed by atoms with Gasteiger partial charge in [0.2, 0.25) is 0 Å². The Hall–Kier alpha value is -3.25. The molecule has 2 aliphatic carbocycles. The molecule has 0 fully saturated rings. The molecular formula is C37H29F2PZr. The summed E-state index contributed by atoms with van der Waals surface area (Å²) in [5.41, 5.74) is 6.42. The molecule has 0 heterocycles. The van der Waals surface area contributed by atoms with Gasteiger partial charge in [-0.25, -0.2) is 0 Å². The van der Waals surface area contributed by atoms with Crippen LogP contribution in [0.5, 0.6) is 0 Å². The monoisotopic (exact) mass is 632 g/mol. The molecule has 7 rings (SSSR count). The van der Waals surface area contributed by atoms with Crippen LogP contribution in [0.2, 0.25) is 0 Å². The number of hydrogen-bond donors (Lipinski definition) is 0. The Labute approximate surface area is 248 Å². The van der Waals surface area contributed by atoms with Crippen LogP contribution in [0.15, 0.2) is 144 Å². The Balaban J connectivity index is 1.39. The second-order valence-electron chi connectivity index (χ2n) is 10.8. The summed E-state index contributed by atoms with van der Waals surface area (Å²) in [6.45, 7) is 1.92. The van der Waals surface area contributed by atoms with E-state index in [-0.39, 0.29) is 0 Å². The van der Waals surface area contributed by atoms with Gasteiger partial charge in [-0.05, 0) is 0 Å². The number of allylic oxidation sites excluding steroid dienone is 2. The van der Waals surface area contributed by atoms with Crippen LogP contribution in [-0.4, -0.2) is 0 Å². The number of halogens is 2. The zero-order chi connectivity index (χ0) is 28.0. The first-order valence-electron chi connectivity index (χ1n) is 14.0. The summed E-state index contributed by atoms with van der Waals surface area (Å²) < 4.78 is 33.9. The molecule has 41 heavy (non-hydrogen) atoms. The van der Waals surface area contributed by atoms with Gasteiger partial charge >= 0.3 is 249 Å². The predicted molar refractivity (Wildman–Crippen MR) is 167 cm³/mol. The zero-order valence-electron chi connectivity index (χ0n) is 22.7. The fourth-order valence-electron chi connectivity index (χ4n) is 6.61. The summed E-state index contributed by atoms with van der Waals surface area (Å²) in [5, 5.41) is 3.13. The van der Waals surface area contributed by atoms with E-state index in [9.17, 15) is 0 Å². The summed E-state index contributed by atoms with van der Waals surface area (Å²) >= 11 is -6.06. The van der Waals surface area contributed by atoms with E-state index in [1.165, 1.54) is 0 Å². The normalized spacial score (nSPS) is 17.7. The van der Waals surface area contributed by atoms with Crippen molar-refractivity contribution in [2.45, 2.75) is 14.2 Å². The van der Waals surface area contributed by atoms with E-state index < -0.39 is 36.7 Å². The van der Waals surface area contributed by atoms with Gasteiger partial charge in [0.1, 0.15) is 0 Å². The molecule has 0 bridgehead atoms. The van der Waals surface area contributed by atoms with Crippen LogP contribution in [0.4, 0.5) is 5.25 Å². The van der Waals surface area contributed by atoms with E-state index in [4.69, 9.17) is 0 Å². The van der Waals surface area contributed by atoms with Gasteiger partial charge in [0, 0.05) is 0 Å². The summed E-state index contributed by atoms with van der Waals surface area (Å²) in [6, 6.07) is 44.5. The molecule has 5 aromatic carbocycles. The van der Waals surface area contributed by atoms with E-state index in [1.807, 2.05) is 104 Å². The molecule has 0 aromatic heterocycles. The van der Waals surface area contributed by atoms with Crippen LogP contribution in [-0.2, 0) is 21.5 Å². The topological polar surface area (TPSA) is 0 Å². The van der Waals surface area contributed by atoms with Crippen molar-refractivity contribution in [1.82, 2.24) is 0 Å². The van der Waals surface area contributed by atoms with Crippen LogP contribution in [0.1, 0.15) is 36.4 Å². The second kappa shape index (κ2) is 10.9. The van der Waals surface area contributed by atoms with Crippen LogP contribution in [0.3, 0.4) is 0 Å². The first-order valence-corrected chi connectivity index (χ1v) is 20.0. The van der Waals surface area contributed by atoms with Crippen LogP contribution in [0, 0.1) is 0 Å². The number of rotatable bonds is 6. The van der Waals surface area contributed by atoms with Crippen molar-refractivity contribution in [2.24, 2.45) is 0 Å². The Morgan fingerprint density at radius 2 is 1.12 bits per heavy atom. The summed E-state index contributed by atoms with van der Waals surface area (Å²) in [4.78, 5) is 0. The van der Waals surface area contributed by atoms with Gasteiger partial charge in [0.25, 0.3) is 0 Å². The molecule has 2 unspecified atom stereocenters. The van der Waals surface area contributed by atoms with Crippen LogP contribution < -0.4 is 10.6 Å². The van der Waals surface area contributed by atoms with Crippen molar-refractivity contribution in [3.05, 3.63) is 167 Å². The summed E-state index contributed by atoms with van der Waals surface area (Å²) in [7, 11) is -1.13. The SMILES string of the molecule is CC1=Cc2c(-c3ccccc3)cccc2[CH]1[Zr]([F])([F])[CH]1C(P(c2ccccc2)c2ccccc2)=Cc2ccccc21. The summed E-state index contributed by atoms with van der Waals surface area (Å²) in [5.74, 6) is 0. The van der Waals surface area contributed by atoms with E-state index >= 15 is 5.25 Å². The van der Waals surface area contributed by atoms with Crippen molar-refractivity contribution in [3.8, 4) is 11.1 Å². The first-order chi connectivity index (χ1) is 20.0. The number of fused-ring (bicyclic) bond motifs is 2. The van der Waals surface area contributed by atoms with Crippen molar-refractivity contribution >= 4 is 30.7 Å². The molecule has 2 aliphatic rings. The van der Waals surface area contributed by atoms with Gasteiger partial charge in [-0.15, -0.1) is 0 Å². The van der Waals surface area contributed by atoms with Crippen molar-refractivity contribution in [3.63, 3.8) is 0 Å². The molecule has 0 saturated heterocycles. The van der Waals surface area contributed by atoms with Gasteiger partial charge < -0.3 is 0 Å². The molecule has 5 aromatic rings. The quantitative estimate of drug-likeness (QED) is 0.163. The maximum atomic E-state index is 17.8. The molecular weight excluding hydrogens is 605 g/mol. The van der Waals surface area contributed by atoms with Crippen molar-refractivity contribution < 1.29 is 26.7 Å². The van der Waals surface area contributed by atoms with E-state index in [1.54, 1.807) is 0 Å². The van der Waals surface area contributed by atoms with Crippen LogP contribution >= 0.6 is 7.92 Å². The first kappa shape index (κ1) is 26.6. The molecule has 0 nitrogen and oxygen atoms in total. The van der Waals surface area contributed by atoms with Gasteiger partial charge in [0.15, 0.2) is 0 Å². The third-order valence-electron chi connectivity index (χ3n) is 8.33. The maximum absolute atomic E-state index is 17.8. The predicted octanol–water partition coefficient (Wildman–Crippen LogP) is 9.96. The Morgan fingerprint density at radius 3 is 1.78 bits per heavy atom. The van der Waals surface area contributed by atoms with E-state index in [2.05, 4.69) is 48.5 Å². The zero-order valence-corrected chi connectivity index (χ0v) is 26.1. The minimum atomic E-state index is -6.06. The molecule has 0 N–H and O–H groups in total. The van der Waals surface area contributed by atoms with Crippen LogP contribution in [0.25, 0.3) is 23.3 Å². The van der Waals surface area contributed by atoms with Gasteiger partial charge in [-0.1, -0.05) is 0 Å². The molecule has 0 aliphatic heterocycles. The van der Waals surface area contributed by atoms with Gasteiger partial charge in [-0.3, -0.25) is 0 Å². The van der Waals surface area contributed by atoms with Gasteiger partial charge in [-0.2, -0.15) is 0 Å². The van der Waals surface area contributed by atoms with Crippen molar-refractivity contribution in [2.75, 3.05) is 0 Å². The number of benzene rings is 5. The molecule has 200 valence electrons. The molecule has 2 atom stereocenters. The molecule has 4 heteroatoms.